The molecule has 1 rings (SSSR count). The molecule has 9 heteroatoms. The number of carbonyl (C=O) groups excluding carboxylic acids is 1. The Hall–Kier alpha value is -2.18. The van der Waals surface area contributed by atoms with E-state index in [1.54, 1.807) is 0 Å². The third kappa shape index (κ3) is 6.51. The summed E-state index contributed by atoms with van der Waals surface area (Å²) in [5.41, 5.74) is 4.43. The fourth-order valence-electron chi connectivity index (χ4n) is 1.62. The zero-order valence-electron chi connectivity index (χ0n) is 12.2. The smallest absolute Gasteiger partial charge is 0.408 e. The molecule has 122 valence electrons. The fourth-order valence-corrected chi connectivity index (χ4v) is 1.62. The first kappa shape index (κ1) is 17.9. The van der Waals surface area contributed by atoms with Crippen LogP contribution < -0.4 is 11.1 Å². The van der Waals surface area contributed by atoms with Gasteiger partial charge in [-0.1, -0.05) is 5.92 Å². The molecule has 0 aromatic heterocycles. The zero-order valence-corrected chi connectivity index (χ0v) is 12.2. The van der Waals surface area contributed by atoms with Gasteiger partial charge < -0.3 is 25.6 Å². The van der Waals surface area contributed by atoms with Gasteiger partial charge in [-0.25, -0.2) is 9.59 Å². The molecule has 1 atom stereocenters. The van der Waals surface area contributed by atoms with Crippen molar-refractivity contribution in [2.24, 2.45) is 16.0 Å². The molecule has 0 saturated heterocycles. The molecule has 0 unspecified atom stereocenters. The van der Waals surface area contributed by atoms with Gasteiger partial charge in [-0.05, 0) is 25.8 Å². The molecule has 0 radical (unpaired) electrons. The summed E-state index contributed by atoms with van der Waals surface area (Å²) in [5.74, 6) is 1.17. The molecule has 0 saturated carbocycles. The van der Waals surface area contributed by atoms with E-state index in [0.29, 0.717) is 19.4 Å². The molecule has 1 aliphatic rings. The summed E-state index contributed by atoms with van der Waals surface area (Å²) in [6.07, 6.45) is 5.77. The summed E-state index contributed by atoms with van der Waals surface area (Å²) in [6.45, 7) is 0.572. The number of amides is 1. The van der Waals surface area contributed by atoms with E-state index >= 15 is 0 Å². The van der Waals surface area contributed by atoms with Crippen molar-refractivity contribution in [3.63, 3.8) is 0 Å². The van der Waals surface area contributed by atoms with Crippen LogP contribution in [0, 0.1) is 12.3 Å². The lowest BCUT2D eigenvalue weighted by molar-refractivity contribution is -0.139. The minimum atomic E-state index is -1.12. The number of aliphatic carboxylic acids is 1. The number of ether oxygens (including phenoxy) is 2. The molecule has 1 amide bonds. The van der Waals surface area contributed by atoms with Crippen molar-refractivity contribution in [2.45, 2.75) is 31.0 Å². The van der Waals surface area contributed by atoms with Gasteiger partial charge in [0.15, 0.2) is 0 Å². The first-order chi connectivity index (χ1) is 10.5. The summed E-state index contributed by atoms with van der Waals surface area (Å²) in [5, 5.41) is 18.8. The molecule has 1 heterocycles. The number of carbonyl (C=O) groups is 2. The Morgan fingerprint density at radius 3 is 2.64 bits per heavy atom. The molecular formula is C13H20N4O5. The predicted octanol–water partition coefficient (Wildman–Crippen LogP) is 0.107. The van der Waals surface area contributed by atoms with Crippen molar-refractivity contribution >= 4 is 12.1 Å². The van der Waals surface area contributed by atoms with Gasteiger partial charge in [-0.3, -0.25) is 0 Å². The number of carboxylic acid groups (broad SMARTS) is 1. The lowest BCUT2D eigenvalue weighted by Crippen LogP contribution is -2.42. The van der Waals surface area contributed by atoms with Gasteiger partial charge in [-0.2, -0.15) is 10.2 Å². The van der Waals surface area contributed by atoms with E-state index < -0.39 is 23.8 Å². The van der Waals surface area contributed by atoms with E-state index in [-0.39, 0.29) is 26.2 Å². The highest BCUT2D eigenvalue weighted by molar-refractivity contribution is 5.79. The van der Waals surface area contributed by atoms with Crippen LogP contribution in [0.25, 0.3) is 0 Å². The summed E-state index contributed by atoms with van der Waals surface area (Å²) < 4.78 is 10.0. The quantitative estimate of drug-likeness (QED) is 0.366. The Bertz CT molecular complexity index is 454. The zero-order chi connectivity index (χ0) is 16.4. The molecule has 0 aromatic rings. The Labute approximate surface area is 128 Å². The van der Waals surface area contributed by atoms with E-state index in [1.165, 1.54) is 0 Å². The van der Waals surface area contributed by atoms with Crippen LogP contribution in [0.1, 0.15) is 19.3 Å². The number of unbranched alkanes of at least 4 members (excludes halogenated alkanes) is 1. The molecule has 0 bridgehead atoms. The van der Waals surface area contributed by atoms with E-state index in [9.17, 15) is 9.59 Å². The molecular weight excluding hydrogens is 292 g/mol. The normalized spacial score (nSPS) is 15.6. The second kappa shape index (κ2) is 8.96. The molecule has 4 N–H and O–H groups in total. The SMILES string of the molecule is C#CCOCC1(COC(=O)N[C@@H](CCCCN)C(=O)O)N=N1. The minimum absolute atomic E-state index is 0.112. The largest absolute Gasteiger partial charge is 0.480 e. The van der Waals surface area contributed by atoms with E-state index in [4.69, 9.17) is 26.7 Å². The van der Waals surface area contributed by atoms with Gasteiger partial charge in [0, 0.05) is 0 Å². The number of carboxylic acids is 1. The minimum Gasteiger partial charge on any atom is -0.480 e. The lowest BCUT2D eigenvalue weighted by atomic mass is 10.1. The second-order valence-electron chi connectivity index (χ2n) is 4.78. The monoisotopic (exact) mass is 312 g/mol. The number of hydrogen-bond donors (Lipinski definition) is 3. The van der Waals surface area contributed by atoms with Crippen LogP contribution in [0.5, 0.6) is 0 Å². The van der Waals surface area contributed by atoms with E-state index in [1.807, 2.05) is 0 Å². The number of nitrogens with one attached hydrogen (secondary N) is 1. The van der Waals surface area contributed by atoms with Crippen LogP contribution in [-0.4, -0.2) is 55.2 Å². The molecule has 9 nitrogen and oxygen atoms in total. The van der Waals surface area contributed by atoms with Gasteiger partial charge in [0.25, 0.3) is 0 Å². The number of hydrogen-bond acceptors (Lipinski definition) is 7. The topological polar surface area (TPSA) is 136 Å². The maximum absolute atomic E-state index is 11.6. The summed E-state index contributed by atoms with van der Waals surface area (Å²) in [4.78, 5) is 22.7. The van der Waals surface area contributed by atoms with Crippen molar-refractivity contribution < 1.29 is 24.2 Å². The van der Waals surface area contributed by atoms with Crippen LogP contribution in [0.15, 0.2) is 10.2 Å². The third-order valence-electron chi connectivity index (χ3n) is 2.87. The van der Waals surface area contributed by atoms with Crippen molar-refractivity contribution in [2.75, 3.05) is 26.4 Å². The lowest BCUT2D eigenvalue weighted by Gasteiger charge is -2.15. The highest BCUT2D eigenvalue weighted by atomic mass is 16.6. The van der Waals surface area contributed by atoms with Crippen molar-refractivity contribution in [1.82, 2.24) is 5.32 Å². The third-order valence-corrected chi connectivity index (χ3v) is 2.87. The highest BCUT2D eigenvalue weighted by Gasteiger charge is 2.42. The molecule has 0 aliphatic carbocycles. The van der Waals surface area contributed by atoms with E-state index in [0.717, 1.165) is 0 Å². The van der Waals surface area contributed by atoms with Crippen LogP contribution in [0.4, 0.5) is 4.79 Å². The number of terminal acetylenes is 1. The van der Waals surface area contributed by atoms with Crippen molar-refractivity contribution in [3.05, 3.63) is 0 Å². The van der Waals surface area contributed by atoms with Crippen molar-refractivity contribution in [3.8, 4) is 12.3 Å². The first-order valence-electron chi connectivity index (χ1n) is 6.84. The van der Waals surface area contributed by atoms with Crippen LogP contribution >= 0.6 is 0 Å². The Balaban J connectivity index is 2.29. The van der Waals surface area contributed by atoms with Crippen LogP contribution in [-0.2, 0) is 14.3 Å². The molecule has 0 fully saturated rings. The number of nitrogens with two attached hydrogens (primary N) is 1. The fraction of sp³-hybridized carbons (Fsp3) is 0.692. The van der Waals surface area contributed by atoms with Gasteiger partial charge >= 0.3 is 12.1 Å². The molecule has 1 aliphatic heterocycles. The highest BCUT2D eigenvalue weighted by Crippen LogP contribution is 2.28. The maximum atomic E-state index is 11.6. The number of alkyl carbamates (subject to hydrolysis) is 1. The van der Waals surface area contributed by atoms with Gasteiger partial charge in [-0.15, -0.1) is 6.42 Å². The maximum Gasteiger partial charge on any atom is 0.408 e. The molecule has 0 aromatic carbocycles. The van der Waals surface area contributed by atoms with Crippen LogP contribution in [0.3, 0.4) is 0 Å². The summed E-state index contributed by atoms with van der Waals surface area (Å²) in [6, 6.07) is -1.01. The number of nitrogens with zero attached hydrogens (tertiary/aromatic N) is 2. The Morgan fingerprint density at radius 1 is 1.36 bits per heavy atom. The summed E-state index contributed by atoms with van der Waals surface area (Å²) in [7, 11) is 0. The standard InChI is InChI=1S/C13H20N4O5/c1-2-7-21-8-13(16-17-13)9-22-12(20)15-10(11(18)19)5-3-4-6-14/h1,10H,3-9,14H2,(H,15,20)(H,18,19)/t10-/m0/s1. The van der Waals surface area contributed by atoms with E-state index in [2.05, 4.69) is 21.5 Å². The van der Waals surface area contributed by atoms with Crippen LogP contribution in [0.2, 0.25) is 0 Å². The Kier molecular flexibility index (Phi) is 7.28. The van der Waals surface area contributed by atoms with Gasteiger partial charge in [0.2, 0.25) is 5.66 Å². The van der Waals surface area contributed by atoms with Crippen molar-refractivity contribution in [1.29, 1.82) is 0 Å². The predicted molar refractivity (Wildman–Crippen MR) is 76.1 cm³/mol. The molecule has 22 heavy (non-hydrogen) atoms. The van der Waals surface area contributed by atoms with Gasteiger partial charge in [0.1, 0.15) is 25.9 Å². The first-order valence-corrected chi connectivity index (χ1v) is 6.84. The molecule has 0 spiro atoms. The average molecular weight is 312 g/mol. The van der Waals surface area contributed by atoms with Gasteiger partial charge in [0.05, 0.1) is 0 Å². The average Bonchev–Trinajstić information content (AvgIpc) is 3.25. The Morgan fingerprint density at radius 2 is 2.09 bits per heavy atom. The second-order valence-corrected chi connectivity index (χ2v) is 4.78. The number of rotatable bonds is 11. The summed E-state index contributed by atoms with van der Waals surface area (Å²) >= 11 is 0.